The van der Waals surface area contributed by atoms with Gasteiger partial charge < -0.3 is 5.32 Å². The first kappa shape index (κ1) is 16.6. The molecular weight excluding hydrogens is 342 g/mol. The zero-order valence-electron chi connectivity index (χ0n) is 13.1. The third-order valence-electron chi connectivity index (χ3n) is 3.38. The van der Waals surface area contributed by atoms with Gasteiger partial charge in [-0.25, -0.2) is 4.98 Å². The molecule has 1 amide bonds. The van der Waals surface area contributed by atoms with Crippen molar-refractivity contribution in [1.29, 1.82) is 0 Å². The van der Waals surface area contributed by atoms with E-state index >= 15 is 0 Å². The molecule has 0 saturated heterocycles. The second-order valence-electron chi connectivity index (χ2n) is 5.26. The molecule has 1 heterocycles. The summed E-state index contributed by atoms with van der Waals surface area (Å²) in [7, 11) is 0. The molecule has 0 unspecified atom stereocenters. The van der Waals surface area contributed by atoms with Crippen LogP contribution in [0.3, 0.4) is 0 Å². The van der Waals surface area contributed by atoms with E-state index in [1.54, 1.807) is 6.20 Å². The van der Waals surface area contributed by atoms with Crippen LogP contribution in [0.4, 0.5) is 5.69 Å². The number of hydrogen-bond acceptors (Lipinski definition) is 3. The average Bonchev–Trinajstić information content (AvgIpc) is 3.04. The van der Waals surface area contributed by atoms with Gasteiger partial charge in [-0.1, -0.05) is 41.1 Å². The fourth-order valence-corrected chi connectivity index (χ4v) is 3.06. The van der Waals surface area contributed by atoms with Crippen LogP contribution in [-0.2, 0) is 4.79 Å². The molecule has 0 fully saturated rings. The van der Waals surface area contributed by atoms with E-state index in [0.717, 1.165) is 22.1 Å². The first-order valence-corrected chi connectivity index (χ1v) is 8.77. The van der Waals surface area contributed by atoms with Crippen LogP contribution in [0.1, 0.15) is 5.56 Å². The molecule has 2 aromatic carbocycles. The number of imidazole rings is 1. The summed E-state index contributed by atoms with van der Waals surface area (Å²) >= 11 is 7.31. The summed E-state index contributed by atoms with van der Waals surface area (Å²) in [6, 6.07) is 15.2. The standard InChI is InChI=1S/C18H16ClN3OS/c1-13-2-6-15(7-3-13)21-17(23)12-24-18-20-10-11-22(18)16-8-4-14(19)5-9-16/h2-11H,12H2,1H3,(H,21,23). The predicted molar refractivity (Wildman–Crippen MR) is 99.1 cm³/mol. The molecule has 3 rings (SSSR count). The molecule has 0 atom stereocenters. The summed E-state index contributed by atoms with van der Waals surface area (Å²) < 4.78 is 1.93. The van der Waals surface area contributed by atoms with Crippen molar-refractivity contribution in [2.45, 2.75) is 12.1 Å². The van der Waals surface area contributed by atoms with Gasteiger partial charge in [0, 0.05) is 28.8 Å². The molecule has 0 spiro atoms. The minimum Gasteiger partial charge on any atom is -0.325 e. The minimum atomic E-state index is -0.0606. The van der Waals surface area contributed by atoms with Gasteiger partial charge in [0.05, 0.1) is 5.75 Å². The average molecular weight is 358 g/mol. The number of anilines is 1. The summed E-state index contributed by atoms with van der Waals surface area (Å²) in [4.78, 5) is 16.4. The van der Waals surface area contributed by atoms with E-state index in [4.69, 9.17) is 11.6 Å². The molecule has 0 aliphatic carbocycles. The molecule has 0 saturated carbocycles. The molecule has 24 heavy (non-hydrogen) atoms. The van der Waals surface area contributed by atoms with Gasteiger partial charge >= 0.3 is 0 Å². The summed E-state index contributed by atoms with van der Waals surface area (Å²) in [5, 5.41) is 4.33. The van der Waals surface area contributed by atoms with Crippen LogP contribution in [0.5, 0.6) is 0 Å². The molecule has 122 valence electrons. The van der Waals surface area contributed by atoms with E-state index in [0.29, 0.717) is 10.8 Å². The third-order valence-corrected chi connectivity index (χ3v) is 4.60. The van der Waals surface area contributed by atoms with E-state index in [9.17, 15) is 4.79 Å². The van der Waals surface area contributed by atoms with E-state index in [1.165, 1.54) is 11.8 Å². The number of halogens is 1. The van der Waals surface area contributed by atoms with Crippen molar-refractivity contribution in [3.63, 3.8) is 0 Å². The number of hydrogen-bond donors (Lipinski definition) is 1. The Balaban J connectivity index is 1.63. The van der Waals surface area contributed by atoms with Gasteiger partial charge in [-0.3, -0.25) is 9.36 Å². The van der Waals surface area contributed by atoms with Gasteiger partial charge in [-0.05, 0) is 43.3 Å². The second-order valence-corrected chi connectivity index (χ2v) is 6.64. The monoisotopic (exact) mass is 357 g/mol. The number of carbonyl (C=O) groups excluding carboxylic acids is 1. The Kier molecular flexibility index (Phi) is 5.23. The van der Waals surface area contributed by atoms with E-state index in [1.807, 2.05) is 66.2 Å². The highest BCUT2D eigenvalue weighted by molar-refractivity contribution is 7.99. The Morgan fingerprint density at radius 2 is 1.88 bits per heavy atom. The third kappa shape index (κ3) is 4.19. The van der Waals surface area contributed by atoms with E-state index < -0.39 is 0 Å². The normalized spacial score (nSPS) is 10.6. The number of benzene rings is 2. The van der Waals surface area contributed by atoms with Crippen molar-refractivity contribution in [2.75, 3.05) is 11.1 Å². The zero-order valence-corrected chi connectivity index (χ0v) is 14.6. The van der Waals surface area contributed by atoms with Gasteiger partial charge in [0.2, 0.25) is 5.91 Å². The highest BCUT2D eigenvalue weighted by Crippen LogP contribution is 2.22. The smallest absolute Gasteiger partial charge is 0.234 e. The van der Waals surface area contributed by atoms with E-state index in [-0.39, 0.29) is 5.91 Å². The lowest BCUT2D eigenvalue weighted by atomic mass is 10.2. The molecule has 1 aromatic heterocycles. The van der Waals surface area contributed by atoms with Gasteiger partial charge in [0.25, 0.3) is 0 Å². The molecule has 3 aromatic rings. The van der Waals surface area contributed by atoms with Crippen molar-refractivity contribution in [3.05, 3.63) is 71.5 Å². The molecule has 0 aliphatic heterocycles. The molecule has 1 N–H and O–H groups in total. The van der Waals surface area contributed by atoms with Crippen LogP contribution >= 0.6 is 23.4 Å². The summed E-state index contributed by atoms with van der Waals surface area (Å²) in [6.07, 6.45) is 3.58. The van der Waals surface area contributed by atoms with Crippen LogP contribution in [0, 0.1) is 6.92 Å². The lowest BCUT2D eigenvalue weighted by Crippen LogP contribution is -2.14. The Morgan fingerprint density at radius 3 is 2.58 bits per heavy atom. The number of thioether (sulfide) groups is 1. The molecular formula is C18H16ClN3OS. The molecule has 6 heteroatoms. The quantitative estimate of drug-likeness (QED) is 0.680. The molecule has 0 aliphatic rings. The Labute approximate surface area is 149 Å². The van der Waals surface area contributed by atoms with Crippen molar-refractivity contribution in [3.8, 4) is 5.69 Å². The fraction of sp³-hybridized carbons (Fsp3) is 0.111. The van der Waals surface area contributed by atoms with Gasteiger partial charge in [-0.2, -0.15) is 0 Å². The zero-order chi connectivity index (χ0) is 16.9. The first-order valence-electron chi connectivity index (χ1n) is 7.40. The van der Waals surface area contributed by atoms with Crippen LogP contribution in [0.2, 0.25) is 5.02 Å². The van der Waals surface area contributed by atoms with Crippen molar-refractivity contribution < 1.29 is 4.79 Å². The van der Waals surface area contributed by atoms with Crippen molar-refractivity contribution in [2.24, 2.45) is 0 Å². The summed E-state index contributed by atoms with van der Waals surface area (Å²) in [6.45, 7) is 2.01. The number of amides is 1. The van der Waals surface area contributed by atoms with Crippen molar-refractivity contribution >= 4 is 35.0 Å². The maximum Gasteiger partial charge on any atom is 0.234 e. The van der Waals surface area contributed by atoms with Gasteiger partial charge in [0.1, 0.15) is 0 Å². The van der Waals surface area contributed by atoms with Crippen molar-refractivity contribution in [1.82, 2.24) is 9.55 Å². The SMILES string of the molecule is Cc1ccc(NC(=O)CSc2nccn2-c2ccc(Cl)cc2)cc1. The number of aryl methyl sites for hydroxylation is 1. The van der Waals surface area contributed by atoms with Crippen LogP contribution in [-0.4, -0.2) is 21.2 Å². The Bertz CT molecular complexity index is 828. The second kappa shape index (κ2) is 7.55. The van der Waals surface area contributed by atoms with Gasteiger partial charge in [0.15, 0.2) is 5.16 Å². The maximum atomic E-state index is 12.1. The predicted octanol–water partition coefficient (Wildman–Crippen LogP) is 4.56. The number of rotatable bonds is 5. The topological polar surface area (TPSA) is 46.9 Å². The highest BCUT2D eigenvalue weighted by atomic mass is 35.5. The lowest BCUT2D eigenvalue weighted by Gasteiger charge is -2.08. The molecule has 4 nitrogen and oxygen atoms in total. The Hall–Kier alpha value is -2.24. The largest absolute Gasteiger partial charge is 0.325 e. The summed E-state index contributed by atoms with van der Waals surface area (Å²) in [5.74, 6) is 0.230. The van der Waals surface area contributed by atoms with Gasteiger partial charge in [-0.15, -0.1) is 0 Å². The minimum absolute atomic E-state index is 0.0606. The lowest BCUT2D eigenvalue weighted by molar-refractivity contribution is -0.113. The number of aromatic nitrogens is 2. The number of nitrogens with zero attached hydrogens (tertiary/aromatic N) is 2. The highest BCUT2D eigenvalue weighted by Gasteiger charge is 2.09. The molecule has 0 radical (unpaired) electrons. The van der Waals surface area contributed by atoms with Crippen LogP contribution < -0.4 is 5.32 Å². The Morgan fingerprint density at radius 1 is 1.17 bits per heavy atom. The molecule has 0 bridgehead atoms. The van der Waals surface area contributed by atoms with E-state index in [2.05, 4.69) is 10.3 Å². The fourth-order valence-electron chi connectivity index (χ4n) is 2.16. The van der Waals surface area contributed by atoms with Crippen LogP contribution in [0.25, 0.3) is 5.69 Å². The summed E-state index contributed by atoms with van der Waals surface area (Å²) in [5.41, 5.74) is 2.91. The van der Waals surface area contributed by atoms with Crippen LogP contribution in [0.15, 0.2) is 66.1 Å². The number of nitrogens with one attached hydrogen (secondary N) is 1. The first-order chi connectivity index (χ1) is 11.6. The maximum absolute atomic E-state index is 12.1. The number of carbonyl (C=O) groups is 1.